The number of rotatable bonds is 4. The molecule has 1 amide bonds. The Morgan fingerprint density at radius 1 is 1.40 bits per heavy atom. The first-order chi connectivity index (χ1) is 4.57. The Bertz CT molecular complexity index is 116. The molecule has 0 radical (unpaired) electrons. The summed E-state index contributed by atoms with van der Waals surface area (Å²) in [5.41, 5.74) is 4.69. The minimum Gasteiger partial charge on any atom is -0.394 e. The van der Waals surface area contributed by atoms with E-state index in [9.17, 15) is 4.79 Å². The second-order valence-electron chi connectivity index (χ2n) is 1.99. The molecule has 0 aliphatic rings. The van der Waals surface area contributed by atoms with E-state index in [0.29, 0.717) is 0 Å². The Labute approximate surface area is 58.1 Å². The summed E-state index contributed by atoms with van der Waals surface area (Å²) < 4.78 is 0. The van der Waals surface area contributed by atoms with E-state index in [-0.39, 0.29) is 6.42 Å². The van der Waals surface area contributed by atoms with E-state index in [1.54, 1.807) is 0 Å². The first-order valence-corrected chi connectivity index (χ1v) is 2.83. The van der Waals surface area contributed by atoms with Crippen molar-refractivity contribution in [1.29, 1.82) is 0 Å². The average molecular weight is 149 g/mol. The van der Waals surface area contributed by atoms with E-state index in [4.69, 9.17) is 21.1 Å². The van der Waals surface area contributed by atoms with E-state index in [0.717, 1.165) is 0 Å². The maximum Gasteiger partial charge on any atom is 0.220 e. The predicted octanol–water partition coefficient (Wildman–Crippen LogP) is -2.42. The predicted molar refractivity (Wildman–Crippen MR) is 32.9 cm³/mol. The molecule has 0 bridgehead atoms. The number of carbonyl (C=O) groups excluding carboxylic acids is 1. The fourth-order valence-corrected chi connectivity index (χ4v) is 0.464. The molecule has 5 N–H and O–H groups in total. The van der Waals surface area contributed by atoms with E-state index in [1.165, 1.54) is 0 Å². The van der Waals surface area contributed by atoms with Crippen LogP contribution in [0.4, 0.5) is 0 Å². The molecular weight excluding hydrogens is 138 g/mol. The number of aliphatic hydroxyl groups is 3. The van der Waals surface area contributed by atoms with Gasteiger partial charge in [0.1, 0.15) is 6.10 Å². The first-order valence-electron chi connectivity index (χ1n) is 2.83. The van der Waals surface area contributed by atoms with Gasteiger partial charge in [-0.25, -0.2) is 0 Å². The number of nitrogens with two attached hydrogens (primary N) is 1. The fraction of sp³-hybridized carbons (Fsp3) is 0.800. The number of hydrogen-bond acceptors (Lipinski definition) is 4. The largest absolute Gasteiger partial charge is 0.394 e. The molecule has 0 saturated carbocycles. The summed E-state index contributed by atoms with van der Waals surface area (Å²) in [7, 11) is 0. The highest BCUT2D eigenvalue weighted by Crippen LogP contribution is 1.96. The van der Waals surface area contributed by atoms with Gasteiger partial charge in [0.05, 0.1) is 19.1 Å². The van der Waals surface area contributed by atoms with Crippen LogP contribution in [-0.2, 0) is 4.79 Å². The van der Waals surface area contributed by atoms with E-state index < -0.39 is 24.7 Å². The zero-order valence-electron chi connectivity index (χ0n) is 5.40. The summed E-state index contributed by atoms with van der Waals surface area (Å²) >= 11 is 0. The number of amides is 1. The molecule has 0 aromatic heterocycles. The summed E-state index contributed by atoms with van der Waals surface area (Å²) in [6, 6.07) is 0. The molecule has 0 heterocycles. The van der Waals surface area contributed by atoms with E-state index in [2.05, 4.69) is 0 Å². The van der Waals surface area contributed by atoms with Gasteiger partial charge in [0.15, 0.2) is 0 Å². The molecule has 0 fully saturated rings. The maximum absolute atomic E-state index is 10.1. The number of primary amides is 1. The van der Waals surface area contributed by atoms with Crippen molar-refractivity contribution >= 4 is 5.91 Å². The molecule has 10 heavy (non-hydrogen) atoms. The van der Waals surface area contributed by atoms with Gasteiger partial charge in [-0.3, -0.25) is 4.79 Å². The highest BCUT2D eigenvalue weighted by molar-refractivity contribution is 5.74. The molecule has 0 aromatic carbocycles. The van der Waals surface area contributed by atoms with Crippen molar-refractivity contribution < 1.29 is 20.1 Å². The number of aliphatic hydroxyl groups excluding tert-OH is 3. The lowest BCUT2D eigenvalue weighted by molar-refractivity contribution is -0.122. The van der Waals surface area contributed by atoms with Crippen molar-refractivity contribution in [2.24, 2.45) is 5.73 Å². The zero-order valence-corrected chi connectivity index (χ0v) is 5.40. The van der Waals surface area contributed by atoms with Gasteiger partial charge >= 0.3 is 0 Å². The van der Waals surface area contributed by atoms with Crippen molar-refractivity contribution in [3.05, 3.63) is 0 Å². The molecule has 0 aromatic rings. The standard InChI is InChI=1S/C5H11NO4/c6-5(10)1-3(8)4(9)2-7/h3-4,7-9H,1-2H2,(H2,6,10)/t3-,4-/m1/s1. The lowest BCUT2D eigenvalue weighted by atomic mass is 10.1. The molecular formula is C5H11NO4. The van der Waals surface area contributed by atoms with Gasteiger partial charge in [-0.15, -0.1) is 0 Å². The lowest BCUT2D eigenvalue weighted by Gasteiger charge is -2.12. The van der Waals surface area contributed by atoms with Crippen LogP contribution in [0.3, 0.4) is 0 Å². The summed E-state index contributed by atoms with van der Waals surface area (Å²) in [6.07, 6.45) is -2.88. The lowest BCUT2D eigenvalue weighted by Crippen LogP contribution is -2.33. The molecule has 5 nitrogen and oxygen atoms in total. The van der Waals surface area contributed by atoms with Crippen LogP contribution in [0.1, 0.15) is 6.42 Å². The second-order valence-corrected chi connectivity index (χ2v) is 1.99. The molecule has 0 aliphatic carbocycles. The normalized spacial score (nSPS) is 16.3. The van der Waals surface area contributed by atoms with Gasteiger partial charge in [-0.2, -0.15) is 0 Å². The van der Waals surface area contributed by atoms with Gasteiger partial charge in [0.2, 0.25) is 5.91 Å². The second kappa shape index (κ2) is 4.21. The fourth-order valence-electron chi connectivity index (χ4n) is 0.464. The molecule has 0 spiro atoms. The van der Waals surface area contributed by atoms with Gasteiger partial charge < -0.3 is 21.1 Å². The Morgan fingerprint density at radius 2 is 1.90 bits per heavy atom. The third-order valence-corrected chi connectivity index (χ3v) is 1.04. The number of carbonyl (C=O) groups is 1. The van der Waals surface area contributed by atoms with Gasteiger partial charge in [0, 0.05) is 0 Å². The summed E-state index contributed by atoms with van der Waals surface area (Å²) in [4.78, 5) is 10.1. The Morgan fingerprint density at radius 3 is 2.20 bits per heavy atom. The van der Waals surface area contributed by atoms with Crippen molar-refractivity contribution in [3.63, 3.8) is 0 Å². The van der Waals surface area contributed by atoms with Crippen LogP contribution >= 0.6 is 0 Å². The minimum absolute atomic E-state index is 0.332. The van der Waals surface area contributed by atoms with Crippen LogP contribution in [0.15, 0.2) is 0 Å². The smallest absolute Gasteiger partial charge is 0.220 e. The summed E-state index contributed by atoms with van der Waals surface area (Å²) in [6.45, 7) is -0.575. The van der Waals surface area contributed by atoms with Crippen LogP contribution in [0.2, 0.25) is 0 Å². The number of hydrogen-bond donors (Lipinski definition) is 4. The van der Waals surface area contributed by atoms with Crippen molar-refractivity contribution in [3.8, 4) is 0 Å². The molecule has 0 saturated heterocycles. The SMILES string of the molecule is NC(=O)C[C@@H](O)[C@H](O)CO. The average Bonchev–Trinajstić information content (AvgIpc) is 1.85. The van der Waals surface area contributed by atoms with Crippen LogP contribution < -0.4 is 5.73 Å². The van der Waals surface area contributed by atoms with Crippen LogP contribution in [0.25, 0.3) is 0 Å². The van der Waals surface area contributed by atoms with Gasteiger partial charge in [0.25, 0.3) is 0 Å². The molecule has 0 unspecified atom stereocenters. The summed E-state index contributed by atoms with van der Waals surface area (Å²) in [5, 5.41) is 25.7. The van der Waals surface area contributed by atoms with E-state index >= 15 is 0 Å². The molecule has 5 heteroatoms. The topological polar surface area (TPSA) is 104 Å². The van der Waals surface area contributed by atoms with Gasteiger partial charge in [-0.05, 0) is 0 Å². The van der Waals surface area contributed by atoms with Crippen molar-refractivity contribution in [2.75, 3.05) is 6.61 Å². The van der Waals surface area contributed by atoms with Crippen LogP contribution in [-0.4, -0.2) is 40.0 Å². The Balaban J connectivity index is 3.61. The van der Waals surface area contributed by atoms with Crippen LogP contribution in [0.5, 0.6) is 0 Å². The van der Waals surface area contributed by atoms with Crippen LogP contribution in [0, 0.1) is 0 Å². The highest BCUT2D eigenvalue weighted by Gasteiger charge is 2.16. The van der Waals surface area contributed by atoms with Gasteiger partial charge in [-0.1, -0.05) is 0 Å². The molecule has 0 rings (SSSR count). The summed E-state index contributed by atoms with van der Waals surface area (Å²) in [5.74, 6) is -0.708. The molecule has 60 valence electrons. The maximum atomic E-state index is 10.1. The van der Waals surface area contributed by atoms with Crippen molar-refractivity contribution in [2.45, 2.75) is 18.6 Å². The monoisotopic (exact) mass is 149 g/mol. The Kier molecular flexibility index (Phi) is 3.94. The first kappa shape index (κ1) is 9.35. The van der Waals surface area contributed by atoms with E-state index in [1.807, 2.05) is 0 Å². The molecule has 0 aliphatic heterocycles. The third kappa shape index (κ3) is 3.39. The third-order valence-electron chi connectivity index (χ3n) is 1.04. The zero-order chi connectivity index (χ0) is 8.15. The minimum atomic E-state index is -1.28. The molecule has 2 atom stereocenters. The Hall–Kier alpha value is -0.650. The quantitative estimate of drug-likeness (QED) is 0.357. The van der Waals surface area contributed by atoms with Crippen molar-refractivity contribution in [1.82, 2.24) is 0 Å². The highest BCUT2D eigenvalue weighted by atomic mass is 16.4.